The number of alkyl halides is 3. The molecule has 62 valence electrons. The van der Waals surface area contributed by atoms with E-state index in [2.05, 4.69) is 5.10 Å². The Bertz CT molecular complexity index is 218. The van der Waals surface area contributed by atoms with Crippen LogP contribution in [0, 0.1) is 0 Å². The van der Waals surface area contributed by atoms with E-state index in [1.165, 1.54) is 12.3 Å². The van der Waals surface area contributed by atoms with Crippen molar-refractivity contribution in [3.8, 4) is 0 Å². The fourth-order valence-electron chi connectivity index (χ4n) is 0.627. The van der Waals surface area contributed by atoms with Crippen molar-refractivity contribution in [1.82, 2.24) is 9.78 Å². The van der Waals surface area contributed by atoms with Gasteiger partial charge >= 0.3 is 6.05 Å². The molecule has 1 atom stereocenters. The maximum Gasteiger partial charge on any atom is 0.374 e. The van der Waals surface area contributed by atoms with E-state index >= 15 is 0 Å². The Morgan fingerprint density at radius 2 is 2.18 bits per heavy atom. The molecule has 1 rings (SSSR count). The maximum atomic E-state index is 12.6. The lowest BCUT2D eigenvalue weighted by atomic mass is 10.4. The van der Waals surface area contributed by atoms with Gasteiger partial charge in [-0.25, -0.2) is 9.07 Å². The number of halogens is 3. The third-order valence-corrected chi connectivity index (χ3v) is 1.29. The Labute approximate surface area is 61.6 Å². The van der Waals surface area contributed by atoms with Crippen molar-refractivity contribution in [1.29, 1.82) is 0 Å². The third kappa shape index (κ3) is 1.36. The largest absolute Gasteiger partial charge is 0.374 e. The Kier molecular flexibility index (Phi) is 1.89. The van der Waals surface area contributed by atoms with Crippen molar-refractivity contribution < 1.29 is 13.2 Å². The van der Waals surface area contributed by atoms with Crippen molar-refractivity contribution in [3.05, 3.63) is 18.5 Å². The molecule has 0 aliphatic heterocycles. The summed E-state index contributed by atoms with van der Waals surface area (Å²) in [7, 11) is 0. The molecule has 0 aliphatic rings. The Morgan fingerprint density at radius 1 is 1.55 bits per heavy atom. The predicted octanol–water partition coefficient (Wildman–Crippen LogP) is 1.79. The summed E-state index contributed by atoms with van der Waals surface area (Å²) in [5, 5.41) is 3.24. The second-order valence-corrected chi connectivity index (χ2v) is 2.15. The predicted molar refractivity (Wildman–Crippen MR) is 33.0 cm³/mol. The molecule has 0 fully saturated rings. The molecular formula is C6H7F3N2. The van der Waals surface area contributed by atoms with E-state index in [1.54, 1.807) is 0 Å². The molecule has 1 aromatic rings. The summed E-state index contributed by atoms with van der Waals surface area (Å²) in [6.45, 7) is 0.793. The third-order valence-electron chi connectivity index (χ3n) is 1.29. The number of aromatic nitrogens is 2. The van der Waals surface area contributed by atoms with Gasteiger partial charge < -0.3 is 0 Å². The molecule has 0 spiro atoms. The fourth-order valence-corrected chi connectivity index (χ4v) is 0.627. The molecular weight excluding hydrogens is 157 g/mol. The number of nitrogens with zero attached hydrogens (tertiary/aromatic N) is 2. The monoisotopic (exact) mass is 164 g/mol. The van der Waals surface area contributed by atoms with Crippen molar-refractivity contribution in [2.75, 3.05) is 0 Å². The number of hydrogen-bond donors (Lipinski definition) is 0. The van der Waals surface area contributed by atoms with Crippen LogP contribution in [-0.2, 0) is 6.05 Å². The van der Waals surface area contributed by atoms with Crippen LogP contribution in [-0.4, -0.2) is 16.0 Å². The lowest BCUT2D eigenvalue weighted by Gasteiger charge is -2.17. The summed E-state index contributed by atoms with van der Waals surface area (Å²) in [6.07, 6.45) is -0.0331. The number of rotatable bonds is 2. The van der Waals surface area contributed by atoms with Crippen molar-refractivity contribution in [2.45, 2.75) is 19.1 Å². The molecule has 5 heteroatoms. The summed E-state index contributed by atoms with van der Waals surface area (Å²) in [6, 6.07) is -2.22. The van der Waals surface area contributed by atoms with E-state index in [1.807, 2.05) is 0 Å². The van der Waals surface area contributed by atoms with Gasteiger partial charge in [0.05, 0.1) is 0 Å². The van der Waals surface area contributed by atoms with Crippen LogP contribution in [0.2, 0.25) is 0 Å². The molecule has 1 aromatic heterocycles. The zero-order valence-corrected chi connectivity index (χ0v) is 5.84. The Hall–Kier alpha value is -1.00. The molecule has 0 saturated carbocycles. The first-order chi connectivity index (χ1) is 5.05. The minimum atomic E-state index is -3.54. The Balaban J connectivity index is 2.90. The summed E-state index contributed by atoms with van der Waals surface area (Å²) in [5.74, 6) is 0. The molecule has 0 N–H and O–H groups in total. The maximum absolute atomic E-state index is 12.6. The average Bonchev–Trinajstić information content (AvgIpc) is 2.37. The zero-order valence-electron chi connectivity index (χ0n) is 5.84. The quantitative estimate of drug-likeness (QED) is 0.651. The van der Waals surface area contributed by atoms with Crippen LogP contribution in [0.1, 0.15) is 6.92 Å². The Morgan fingerprint density at radius 3 is 2.55 bits per heavy atom. The highest BCUT2D eigenvalue weighted by molar-refractivity contribution is 4.82. The normalized spacial score (nSPS) is 14.9. The first-order valence-corrected chi connectivity index (χ1v) is 3.07. The molecule has 0 aliphatic carbocycles. The van der Waals surface area contributed by atoms with Gasteiger partial charge in [0, 0.05) is 12.4 Å². The van der Waals surface area contributed by atoms with Crippen LogP contribution in [0.15, 0.2) is 18.5 Å². The standard InChI is InChI=1S/C6H7F3N2/c1-5(7)6(8,9)11-4-2-3-10-11/h2-5H,1H3. The fraction of sp³-hybridized carbons (Fsp3) is 0.500. The molecule has 11 heavy (non-hydrogen) atoms. The second-order valence-electron chi connectivity index (χ2n) is 2.15. The first kappa shape index (κ1) is 8.10. The molecule has 1 unspecified atom stereocenters. The highest BCUT2D eigenvalue weighted by Gasteiger charge is 2.39. The molecule has 0 amide bonds. The SMILES string of the molecule is CC(F)C(F)(F)n1cccn1. The molecule has 2 nitrogen and oxygen atoms in total. The van der Waals surface area contributed by atoms with Crippen LogP contribution < -0.4 is 0 Å². The van der Waals surface area contributed by atoms with Gasteiger partial charge in [-0.05, 0) is 13.0 Å². The van der Waals surface area contributed by atoms with E-state index < -0.39 is 12.2 Å². The zero-order chi connectivity index (χ0) is 8.48. The van der Waals surface area contributed by atoms with Crippen LogP contribution >= 0.6 is 0 Å². The van der Waals surface area contributed by atoms with E-state index in [0.29, 0.717) is 4.68 Å². The minimum absolute atomic E-state index is 0.303. The molecule has 0 radical (unpaired) electrons. The summed E-state index contributed by atoms with van der Waals surface area (Å²) in [5.41, 5.74) is 0. The van der Waals surface area contributed by atoms with Gasteiger partial charge in [-0.2, -0.15) is 13.9 Å². The topological polar surface area (TPSA) is 17.8 Å². The molecule has 1 heterocycles. The first-order valence-electron chi connectivity index (χ1n) is 3.07. The van der Waals surface area contributed by atoms with Crippen LogP contribution in [0.5, 0.6) is 0 Å². The van der Waals surface area contributed by atoms with Gasteiger partial charge in [-0.1, -0.05) is 0 Å². The van der Waals surface area contributed by atoms with Gasteiger partial charge in [-0.3, -0.25) is 0 Å². The highest BCUT2D eigenvalue weighted by Crippen LogP contribution is 2.25. The van der Waals surface area contributed by atoms with Crippen molar-refractivity contribution >= 4 is 0 Å². The van der Waals surface area contributed by atoms with Gasteiger partial charge in [0.15, 0.2) is 6.17 Å². The van der Waals surface area contributed by atoms with Gasteiger partial charge in [0.2, 0.25) is 0 Å². The summed E-state index contributed by atoms with van der Waals surface area (Å²) < 4.78 is 37.8. The summed E-state index contributed by atoms with van der Waals surface area (Å²) >= 11 is 0. The van der Waals surface area contributed by atoms with E-state index in [-0.39, 0.29) is 0 Å². The smallest absolute Gasteiger partial charge is 0.239 e. The van der Waals surface area contributed by atoms with E-state index in [9.17, 15) is 13.2 Å². The van der Waals surface area contributed by atoms with Gasteiger partial charge in [0.1, 0.15) is 0 Å². The lowest BCUT2D eigenvalue weighted by molar-refractivity contribution is -0.146. The average molecular weight is 164 g/mol. The lowest BCUT2D eigenvalue weighted by Crippen LogP contribution is -2.32. The van der Waals surface area contributed by atoms with E-state index in [4.69, 9.17) is 0 Å². The highest BCUT2D eigenvalue weighted by atomic mass is 19.3. The summed E-state index contributed by atoms with van der Waals surface area (Å²) in [4.78, 5) is 0. The second kappa shape index (κ2) is 2.56. The molecule has 0 bridgehead atoms. The van der Waals surface area contributed by atoms with E-state index in [0.717, 1.165) is 13.1 Å². The van der Waals surface area contributed by atoms with Crippen molar-refractivity contribution in [3.63, 3.8) is 0 Å². The van der Waals surface area contributed by atoms with Gasteiger partial charge in [0.25, 0.3) is 0 Å². The van der Waals surface area contributed by atoms with Crippen LogP contribution in [0.4, 0.5) is 13.2 Å². The van der Waals surface area contributed by atoms with Crippen LogP contribution in [0.25, 0.3) is 0 Å². The van der Waals surface area contributed by atoms with Crippen molar-refractivity contribution in [2.24, 2.45) is 0 Å². The number of hydrogen-bond acceptors (Lipinski definition) is 1. The molecule has 0 saturated heterocycles. The van der Waals surface area contributed by atoms with Gasteiger partial charge in [-0.15, -0.1) is 0 Å². The van der Waals surface area contributed by atoms with Crippen LogP contribution in [0.3, 0.4) is 0 Å². The minimum Gasteiger partial charge on any atom is -0.239 e. The molecule has 0 aromatic carbocycles.